The monoisotopic (exact) mass is 333 g/mol. The number of fused-ring (bicyclic) bond motifs is 1. The van der Waals surface area contributed by atoms with Crippen LogP contribution in [0.3, 0.4) is 0 Å². The van der Waals surface area contributed by atoms with Gasteiger partial charge in [-0.3, -0.25) is 29.3 Å². The van der Waals surface area contributed by atoms with E-state index in [9.17, 15) is 14.4 Å². The first kappa shape index (κ1) is 15.9. The second-order valence-corrected chi connectivity index (χ2v) is 5.17. The van der Waals surface area contributed by atoms with Gasteiger partial charge < -0.3 is 9.47 Å². The summed E-state index contributed by atoms with van der Waals surface area (Å²) in [5.41, 5.74) is -0.0734. The lowest BCUT2D eigenvalue weighted by molar-refractivity contribution is -0.144. The van der Waals surface area contributed by atoms with Gasteiger partial charge >= 0.3 is 5.97 Å². The minimum Gasteiger partial charge on any atom is -0.463 e. The third kappa shape index (κ3) is 3.18. The van der Waals surface area contributed by atoms with Crippen molar-refractivity contribution in [3.63, 3.8) is 0 Å². The number of carbonyl (C=O) groups is 2. The molecule has 2 atom stereocenters. The van der Waals surface area contributed by atoms with Gasteiger partial charge in [0.1, 0.15) is 12.7 Å². The fourth-order valence-electron chi connectivity index (χ4n) is 2.28. The van der Waals surface area contributed by atoms with Crippen molar-refractivity contribution in [3.8, 4) is 0 Å². The molecule has 0 aliphatic carbocycles. The van der Waals surface area contributed by atoms with E-state index < -0.39 is 23.9 Å². The number of esters is 1. The summed E-state index contributed by atoms with van der Waals surface area (Å²) >= 11 is 0. The highest BCUT2D eigenvalue weighted by Gasteiger charge is 2.24. The number of aromatic amines is 1. The van der Waals surface area contributed by atoms with Gasteiger partial charge in [0.2, 0.25) is 11.9 Å². The Kier molecular flexibility index (Phi) is 4.13. The van der Waals surface area contributed by atoms with Crippen LogP contribution >= 0.6 is 0 Å². The van der Waals surface area contributed by atoms with Crippen molar-refractivity contribution in [1.82, 2.24) is 19.5 Å². The standard InChI is InChI=1S/C14H15N5O5/c1-7(20)16-14-17-12-11(13(22)18-14)15-6-19(12)10-4-3-9(24-10)5-23-8(2)21/h3-4,6,9-10H,5H2,1-2H3,(H2,16,17,18,20,22)/t9-,10+/m0/s1. The highest BCUT2D eigenvalue weighted by atomic mass is 16.6. The highest BCUT2D eigenvalue weighted by molar-refractivity contribution is 5.87. The summed E-state index contributed by atoms with van der Waals surface area (Å²) in [6.07, 6.45) is 3.98. The smallest absolute Gasteiger partial charge is 0.302 e. The van der Waals surface area contributed by atoms with E-state index in [0.29, 0.717) is 0 Å². The van der Waals surface area contributed by atoms with E-state index in [0.717, 1.165) is 0 Å². The van der Waals surface area contributed by atoms with Gasteiger partial charge in [-0.25, -0.2) is 4.98 Å². The van der Waals surface area contributed by atoms with Gasteiger partial charge in [-0.05, 0) is 6.08 Å². The molecule has 126 valence electrons. The normalized spacial score (nSPS) is 19.6. The number of H-pyrrole nitrogens is 1. The first-order chi connectivity index (χ1) is 11.4. The molecule has 0 fully saturated rings. The number of aromatic nitrogens is 4. The number of rotatable bonds is 4. The Morgan fingerprint density at radius 3 is 2.92 bits per heavy atom. The Bertz CT molecular complexity index is 883. The van der Waals surface area contributed by atoms with Crippen molar-refractivity contribution < 1.29 is 19.1 Å². The van der Waals surface area contributed by atoms with E-state index in [1.807, 2.05) is 0 Å². The van der Waals surface area contributed by atoms with Gasteiger partial charge in [0.15, 0.2) is 17.4 Å². The lowest BCUT2D eigenvalue weighted by atomic mass is 10.4. The predicted molar refractivity (Wildman–Crippen MR) is 82.1 cm³/mol. The lowest BCUT2D eigenvalue weighted by Crippen LogP contribution is -2.20. The quantitative estimate of drug-likeness (QED) is 0.599. The SMILES string of the molecule is CC(=O)Nc1nc2c(ncn2[C@H]2C=C[C@@H](COC(C)=O)O2)c(=O)[nH]1. The minimum absolute atomic E-state index is 0.0280. The van der Waals surface area contributed by atoms with Gasteiger partial charge in [-0.2, -0.15) is 4.98 Å². The molecule has 1 aliphatic rings. The highest BCUT2D eigenvalue weighted by Crippen LogP contribution is 2.24. The van der Waals surface area contributed by atoms with Crippen LogP contribution in [0.1, 0.15) is 20.1 Å². The molecule has 0 aromatic carbocycles. The average molecular weight is 333 g/mol. The van der Waals surface area contributed by atoms with Crippen molar-refractivity contribution in [2.45, 2.75) is 26.2 Å². The molecule has 0 saturated heterocycles. The minimum atomic E-state index is -0.546. The zero-order chi connectivity index (χ0) is 17.3. The number of ether oxygens (including phenoxy) is 2. The average Bonchev–Trinajstić information content (AvgIpc) is 3.10. The van der Waals surface area contributed by atoms with E-state index >= 15 is 0 Å². The molecule has 24 heavy (non-hydrogen) atoms. The molecule has 3 heterocycles. The molecule has 2 aromatic heterocycles. The van der Waals surface area contributed by atoms with E-state index in [2.05, 4.69) is 20.3 Å². The number of nitrogens with zero attached hydrogens (tertiary/aromatic N) is 3. The van der Waals surface area contributed by atoms with E-state index in [1.54, 1.807) is 16.7 Å². The maximum Gasteiger partial charge on any atom is 0.302 e. The van der Waals surface area contributed by atoms with E-state index in [-0.39, 0.29) is 29.6 Å². The first-order valence-corrected chi connectivity index (χ1v) is 7.15. The maximum atomic E-state index is 12.0. The molecule has 2 N–H and O–H groups in total. The van der Waals surface area contributed by atoms with Crippen LogP contribution in [0.15, 0.2) is 23.3 Å². The van der Waals surface area contributed by atoms with Gasteiger partial charge in [0, 0.05) is 13.8 Å². The second kappa shape index (κ2) is 6.24. The molecule has 1 aliphatic heterocycles. The molecular formula is C14H15N5O5. The largest absolute Gasteiger partial charge is 0.463 e. The topological polar surface area (TPSA) is 128 Å². The predicted octanol–water partition coefficient (Wildman–Crippen LogP) is 0.0947. The third-order valence-electron chi connectivity index (χ3n) is 3.26. The molecular weight excluding hydrogens is 318 g/mol. The molecule has 2 aromatic rings. The van der Waals surface area contributed by atoms with Gasteiger partial charge in [-0.1, -0.05) is 6.08 Å². The van der Waals surface area contributed by atoms with Gasteiger partial charge in [0.25, 0.3) is 5.56 Å². The number of nitrogens with one attached hydrogen (secondary N) is 2. The Hall–Kier alpha value is -3.01. The van der Waals surface area contributed by atoms with Crippen LogP contribution in [0, 0.1) is 0 Å². The summed E-state index contributed by atoms with van der Waals surface area (Å²) in [6.45, 7) is 2.73. The summed E-state index contributed by atoms with van der Waals surface area (Å²) in [5.74, 6) is -0.723. The van der Waals surface area contributed by atoms with Crippen molar-refractivity contribution in [2.24, 2.45) is 0 Å². The van der Waals surface area contributed by atoms with Crippen LogP contribution in [0.2, 0.25) is 0 Å². The van der Waals surface area contributed by atoms with Crippen LogP contribution in [0.4, 0.5) is 5.95 Å². The lowest BCUT2D eigenvalue weighted by Gasteiger charge is -2.15. The molecule has 0 radical (unpaired) electrons. The van der Waals surface area contributed by atoms with Crippen LogP contribution < -0.4 is 10.9 Å². The molecule has 10 heteroatoms. The molecule has 0 bridgehead atoms. The molecule has 1 amide bonds. The number of carbonyl (C=O) groups excluding carboxylic acids is 2. The van der Waals surface area contributed by atoms with Crippen LogP contribution in [0.25, 0.3) is 11.2 Å². The summed E-state index contributed by atoms with van der Waals surface area (Å²) in [6, 6.07) is 0. The fraction of sp³-hybridized carbons (Fsp3) is 0.357. The number of amides is 1. The van der Waals surface area contributed by atoms with Crippen molar-refractivity contribution >= 4 is 29.0 Å². The van der Waals surface area contributed by atoms with Crippen molar-refractivity contribution in [2.75, 3.05) is 11.9 Å². The molecule has 3 rings (SSSR count). The summed E-state index contributed by atoms with van der Waals surface area (Å²) in [5, 5.41) is 2.42. The Morgan fingerprint density at radius 2 is 2.21 bits per heavy atom. The van der Waals surface area contributed by atoms with Crippen molar-refractivity contribution in [1.29, 1.82) is 0 Å². The molecule has 10 nitrogen and oxygen atoms in total. The van der Waals surface area contributed by atoms with Crippen molar-refractivity contribution in [3.05, 3.63) is 28.8 Å². The van der Waals surface area contributed by atoms with Gasteiger partial charge in [-0.15, -0.1) is 0 Å². The fourth-order valence-corrected chi connectivity index (χ4v) is 2.28. The van der Waals surface area contributed by atoms with Crippen LogP contribution in [0.5, 0.6) is 0 Å². The summed E-state index contributed by atoms with van der Waals surface area (Å²) in [4.78, 5) is 44.7. The Labute approximate surface area is 135 Å². The molecule has 0 spiro atoms. The third-order valence-corrected chi connectivity index (χ3v) is 3.26. The zero-order valence-corrected chi connectivity index (χ0v) is 13.0. The van der Waals surface area contributed by atoms with Gasteiger partial charge in [0.05, 0.1) is 6.33 Å². The van der Waals surface area contributed by atoms with E-state index in [4.69, 9.17) is 9.47 Å². The number of hydrogen-bond acceptors (Lipinski definition) is 7. The number of imidazole rings is 1. The number of hydrogen-bond donors (Lipinski definition) is 2. The second-order valence-electron chi connectivity index (χ2n) is 5.17. The van der Waals surface area contributed by atoms with E-state index in [1.165, 1.54) is 20.2 Å². The Morgan fingerprint density at radius 1 is 1.42 bits per heavy atom. The molecule has 0 unspecified atom stereocenters. The van der Waals surface area contributed by atoms with Crippen LogP contribution in [-0.4, -0.2) is 44.1 Å². The maximum absolute atomic E-state index is 12.0. The first-order valence-electron chi connectivity index (χ1n) is 7.15. The zero-order valence-electron chi connectivity index (χ0n) is 13.0. The summed E-state index contributed by atoms with van der Waals surface area (Å²) < 4.78 is 12.2. The Balaban J connectivity index is 1.87. The number of anilines is 1. The van der Waals surface area contributed by atoms with Crippen LogP contribution in [-0.2, 0) is 19.1 Å². The summed E-state index contributed by atoms with van der Waals surface area (Å²) in [7, 11) is 0. The molecule has 0 saturated carbocycles.